The van der Waals surface area contributed by atoms with E-state index in [1.165, 1.54) is 17.2 Å². The summed E-state index contributed by atoms with van der Waals surface area (Å²) < 4.78 is 13.8. The molecule has 55 heavy (non-hydrogen) atoms. The Hall–Kier alpha value is -5.24. The molecule has 8 rings (SSSR count). The van der Waals surface area contributed by atoms with Gasteiger partial charge in [0.05, 0.1) is 35.5 Å². The summed E-state index contributed by atoms with van der Waals surface area (Å²) in [6.07, 6.45) is 2.71. The monoisotopic (exact) mass is 764 g/mol. The number of amides is 2. The van der Waals surface area contributed by atoms with E-state index in [2.05, 4.69) is 26.6 Å². The number of aryl methyl sites for hydroxylation is 3. The van der Waals surface area contributed by atoms with Gasteiger partial charge < -0.3 is 25.0 Å². The van der Waals surface area contributed by atoms with E-state index in [1.807, 2.05) is 55.1 Å². The van der Waals surface area contributed by atoms with Gasteiger partial charge in [-0.25, -0.2) is 19.6 Å². The zero-order valence-electron chi connectivity index (χ0n) is 32.0. The van der Waals surface area contributed by atoms with Crippen LogP contribution in [0.4, 0.5) is 16.3 Å². The highest BCUT2D eigenvalue weighted by Gasteiger charge is 2.49. The number of rotatable bonds is 9. The third-order valence-electron chi connectivity index (χ3n) is 11.6. The van der Waals surface area contributed by atoms with Gasteiger partial charge >= 0.3 is 11.7 Å². The Morgan fingerprint density at radius 2 is 1.75 bits per heavy atom. The third-order valence-corrected chi connectivity index (χ3v) is 12.0. The first-order valence-corrected chi connectivity index (χ1v) is 18.9. The maximum Gasteiger partial charge on any atom is 0.330 e. The quantitative estimate of drug-likeness (QED) is 0.200. The molecule has 2 aromatic carbocycles. The number of aromatic nitrogens is 4. The van der Waals surface area contributed by atoms with Crippen LogP contribution in [0, 0.1) is 13.8 Å². The van der Waals surface area contributed by atoms with Gasteiger partial charge in [-0.15, -0.1) is 0 Å². The lowest BCUT2D eigenvalue weighted by molar-refractivity contribution is 0.158. The van der Waals surface area contributed by atoms with Crippen LogP contribution in [0.1, 0.15) is 41.3 Å². The molecule has 2 amide bonds. The molecule has 0 unspecified atom stereocenters. The van der Waals surface area contributed by atoms with E-state index in [1.54, 1.807) is 27.3 Å². The number of hydrogen-bond acceptors (Lipinski definition) is 9. The van der Waals surface area contributed by atoms with E-state index < -0.39 is 11.2 Å². The Balaban J connectivity index is 1.10. The second-order valence-corrected chi connectivity index (χ2v) is 15.3. The summed E-state index contributed by atoms with van der Waals surface area (Å²) in [6.45, 7) is 7.25. The van der Waals surface area contributed by atoms with Gasteiger partial charge in [0.2, 0.25) is 5.88 Å². The number of hydrogen-bond donors (Lipinski definition) is 2. The number of benzene rings is 2. The smallest absolute Gasteiger partial charge is 0.330 e. The first-order chi connectivity index (χ1) is 26.4. The van der Waals surface area contributed by atoms with Gasteiger partial charge in [0, 0.05) is 81.5 Å². The molecule has 0 saturated carbocycles. The maximum atomic E-state index is 13.3. The lowest BCUT2D eigenvalue weighted by Gasteiger charge is -2.28. The van der Waals surface area contributed by atoms with Gasteiger partial charge in [-0.05, 0) is 68.0 Å². The lowest BCUT2D eigenvalue weighted by Crippen LogP contribution is -2.46. The Kier molecular flexibility index (Phi) is 9.43. The lowest BCUT2D eigenvalue weighted by atomic mass is 9.96. The van der Waals surface area contributed by atoms with E-state index in [4.69, 9.17) is 26.1 Å². The Bertz CT molecular complexity index is 2500. The van der Waals surface area contributed by atoms with Crippen molar-refractivity contribution >= 4 is 40.0 Å². The zero-order valence-corrected chi connectivity index (χ0v) is 32.7. The van der Waals surface area contributed by atoms with E-state index in [-0.39, 0.29) is 17.6 Å². The van der Waals surface area contributed by atoms with Crippen molar-refractivity contribution in [2.45, 2.75) is 44.7 Å². The predicted octanol–water partition coefficient (Wildman–Crippen LogP) is 5.49. The number of carbonyl (C=O) groups excluding carboxylic acids is 1. The Labute approximate surface area is 323 Å². The van der Waals surface area contributed by atoms with Gasteiger partial charge in [0.1, 0.15) is 11.2 Å². The topological polar surface area (TPSA) is 136 Å². The molecule has 3 aliphatic rings. The van der Waals surface area contributed by atoms with Crippen molar-refractivity contribution in [1.82, 2.24) is 34.2 Å². The molecule has 2 aliphatic heterocycles. The SMILES string of the molecule is COCCN1C[C@@]2(CCN([C@H]3CCc4cc(-c5cccc(-c6cccc(Nc7nc(C)cc8c7c(=O)n(C)c(=O)n8C)c6C)c5Cl)nc(OC)c43)C2)NC1=O. The molecule has 2 atom stereocenters. The Morgan fingerprint density at radius 3 is 2.53 bits per heavy atom. The molecule has 2 fully saturated rings. The van der Waals surface area contributed by atoms with Crippen LogP contribution in [0.25, 0.3) is 33.3 Å². The van der Waals surface area contributed by atoms with Crippen molar-refractivity contribution in [3.63, 3.8) is 0 Å². The second-order valence-electron chi connectivity index (χ2n) is 15.0. The summed E-state index contributed by atoms with van der Waals surface area (Å²) in [5, 5.41) is 7.58. The summed E-state index contributed by atoms with van der Waals surface area (Å²) in [6, 6.07) is 15.9. The Morgan fingerprint density at radius 1 is 0.982 bits per heavy atom. The maximum absolute atomic E-state index is 13.3. The molecule has 286 valence electrons. The molecule has 14 heteroatoms. The average molecular weight is 765 g/mol. The fraction of sp³-hybridized carbons (Fsp3) is 0.390. The van der Waals surface area contributed by atoms with Gasteiger partial charge in [-0.1, -0.05) is 41.9 Å². The molecule has 1 spiro atoms. The van der Waals surface area contributed by atoms with Crippen LogP contribution in [0.15, 0.2) is 58.1 Å². The van der Waals surface area contributed by atoms with Crippen molar-refractivity contribution in [3.8, 4) is 28.3 Å². The first kappa shape index (κ1) is 36.7. The number of nitrogens with zero attached hydrogens (tertiary/aromatic N) is 6. The van der Waals surface area contributed by atoms with E-state index in [9.17, 15) is 14.4 Å². The molecular formula is C41H45ClN8O5. The van der Waals surface area contributed by atoms with Crippen LogP contribution >= 0.6 is 11.6 Å². The fourth-order valence-corrected chi connectivity index (χ4v) is 9.06. The number of halogens is 1. The van der Waals surface area contributed by atoms with Crippen LogP contribution < -0.4 is 26.6 Å². The number of anilines is 2. The van der Waals surface area contributed by atoms with Crippen LogP contribution in [0.2, 0.25) is 5.02 Å². The van der Waals surface area contributed by atoms with Crippen LogP contribution in [0.3, 0.4) is 0 Å². The number of likely N-dealkylation sites (tertiary alicyclic amines) is 1. The van der Waals surface area contributed by atoms with Gasteiger partial charge in [-0.2, -0.15) is 0 Å². The highest BCUT2D eigenvalue weighted by Crippen LogP contribution is 2.46. The number of ether oxygens (including phenoxy) is 2. The number of carbonyl (C=O) groups is 1. The average Bonchev–Trinajstić information content (AvgIpc) is 3.88. The minimum atomic E-state index is -0.419. The van der Waals surface area contributed by atoms with Crippen molar-refractivity contribution in [2.75, 3.05) is 52.3 Å². The fourth-order valence-electron chi connectivity index (χ4n) is 8.74. The molecule has 2 saturated heterocycles. The van der Waals surface area contributed by atoms with Crippen molar-refractivity contribution in [3.05, 3.63) is 96.8 Å². The molecule has 3 aromatic heterocycles. The minimum absolute atomic E-state index is 0.0231. The number of pyridine rings is 2. The largest absolute Gasteiger partial charge is 0.481 e. The number of fused-ring (bicyclic) bond motifs is 2. The van der Waals surface area contributed by atoms with Crippen molar-refractivity contribution in [2.24, 2.45) is 14.1 Å². The van der Waals surface area contributed by atoms with Crippen LogP contribution in [-0.2, 0) is 25.3 Å². The summed E-state index contributed by atoms with van der Waals surface area (Å²) in [5.41, 5.74) is 7.32. The molecule has 1 aliphatic carbocycles. The summed E-state index contributed by atoms with van der Waals surface area (Å²) in [4.78, 5) is 52.9. The number of nitrogens with one attached hydrogen (secondary N) is 2. The highest BCUT2D eigenvalue weighted by molar-refractivity contribution is 6.36. The summed E-state index contributed by atoms with van der Waals surface area (Å²) in [5.74, 6) is 0.971. The van der Waals surface area contributed by atoms with Gasteiger partial charge in [0.25, 0.3) is 5.56 Å². The molecule has 5 heterocycles. The van der Waals surface area contributed by atoms with Crippen molar-refractivity contribution in [1.29, 1.82) is 0 Å². The normalized spacial score (nSPS) is 19.4. The highest BCUT2D eigenvalue weighted by atomic mass is 35.5. The van der Waals surface area contributed by atoms with E-state index in [0.29, 0.717) is 53.0 Å². The summed E-state index contributed by atoms with van der Waals surface area (Å²) in [7, 11) is 6.44. The number of urea groups is 1. The predicted molar refractivity (Wildman–Crippen MR) is 214 cm³/mol. The molecule has 2 N–H and O–H groups in total. The molecular weight excluding hydrogens is 720 g/mol. The first-order valence-electron chi connectivity index (χ1n) is 18.5. The molecule has 13 nitrogen and oxygen atoms in total. The van der Waals surface area contributed by atoms with Crippen LogP contribution in [-0.4, -0.2) is 87.5 Å². The van der Waals surface area contributed by atoms with E-state index >= 15 is 0 Å². The van der Waals surface area contributed by atoms with Crippen LogP contribution in [0.5, 0.6) is 5.88 Å². The second kappa shape index (κ2) is 14.1. The van der Waals surface area contributed by atoms with E-state index in [0.717, 1.165) is 76.1 Å². The van der Waals surface area contributed by atoms with Gasteiger partial charge in [-0.3, -0.25) is 18.8 Å². The number of methoxy groups -OCH3 is 2. The molecule has 0 bridgehead atoms. The molecule has 5 aromatic rings. The minimum Gasteiger partial charge on any atom is -0.481 e. The van der Waals surface area contributed by atoms with Crippen molar-refractivity contribution < 1.29 is 14.3 Å². The third kappa shape index (κ3) is 6.24. The summed E-state index contributed by atoms with van der Waals surface area (Å²) >= 11 is 7.29. The standard InChI is InChI=1S/C41H45ClN8O5/c1-23-19-32-34(38(51)48(4)40(53)47(32)3)36(43-23)44-29-12-8-9-26(24(29)2)27-10-7-11-28(35(27)42)30-20-25-13-14-31(33(25)37(45-30)55-6)49-16-15-41(21-49)22-50(17-18-54-5)39(52)46-41/h7-12,19-20,31H,13-18,21-22H2,1-6H3,(H,43,44)(H,46,52)/t31-,41-/m0/s1. The molecule has 0 radical (unpaired) electrons. The zero-order chi connectivity index (χ0) is 38.8. The van der Waals surface area contributed by atoms with Gasteiger partial charge in [0.15, 0.2) is 0 Å².